The summed E-state index contributed by atoms with van der Waals surface area (Å²) in [6.45, 7) is 8.43. The van der Waals surface area contributed by atoms with Gasteiger partial charge in [0, 0.05) is 32.7 Å². The average molecular weight is 318 g/mol. The first-order valence-corrected chi connectivity index (χ1v) is 7.65. The van der Waals surface area contributed by atoms with E-state index in [9.17, 15) is 9.59 Å². The molecule has 0 atom stereocenters. The lowest BCUT2D eigenvalue weighted by Gasteiger charge is -2.26. The van der Waals surface area contributed by atoms with E-state index in [4.69, 9.17) is 4.74 Å². The van der Waals surface area contributed by atoms with Gasteiger partial charge in [0.2, 0.25) is 0 Å². The molecule has 1 aliphatic rings. The molecule has 1 saturated heterocycles. The zero-order valence-corrected chi connectivity index (χ0v) is 13.1. The highest BCUT2D eigenvalue weighted by Gasteiger charge is 2.13. The maximum absolute atomic E-state index is 12.1. The number of aromatic nitrogens is 1. The van der Waals surface area contributed by atoms with Gasteiger partial charge in [0.25, 0.3) is 11.8 Å². The molecule has 124 valence electrons. The van der Waals surface area contributed by atoms with Crippen LogP contribution < -0.4 is 10.6 Å². The van der Waals surface area contributed by atoms with Crippen molar-refractivity contribution in [1.82, 2.24) is 20.5 Å². The largest absolute Gasteiger partial charge is 0.379 e. The van der Waals surface area contributed by atoms with E-state index in [1.807, 2.05) is 0 Å². The Balaban J connectivity index is 1.83. The first-order chi connectivity index (χ1) is 11.2. The molecule has 1 aromatic rings. The molecule has 0 unspecified atom stereocenters. The smallest absolute Gasteiger partial charge is 0.270 e. The molecule has 7 heteroatoms. The minimum atomic E-state index is -0.326. The lowest BCUT2D eigenvalue weighted by molar-refractivity contribution is 0.0383. The average Bonchev–Trinajstić information content (AvgIpc) is 2.60. The SMILES string of the molecule is C=CCNC(=O)c1cccc(C(=O)NCCN2CCOCC2)n1. The quantitative estimate of drug-likeness (QED) is 0.695. The molecule has 1 aliphatic heterocycles. The maximum atomic E-state index is 12.1. The first kappa shape index (κ1) is 17.1. The van der Waals surface area contributed by atoms with E-state index in [2.05, 4.69) is 27.1 Å². The molecule has 0 radical (unpaired) electrons. The molecule has 0 spiro atoms. The Morgan fingerprint density at radius 3 is 2.52 bits per heavy atom. The van der Waals surface area contributed by atoms with Crippen molar-refractivity contribution >= 4 is 11.8 Å². The number of nitrogens with zero attached hydrogens (tertiary/aromatic N) is 2. The topological polar surface area (TPSA) is 83.6 Å². The van der Waals surface area contributed by atoms with Gasteiger partial charge in [-0.1, -0.05) is 12.1 Å². The number of carbonyl (C=O) groups is 2. The number of hydrogen-bond acceptors (Lipinski definition) is 5. The van der Waals surface area contributed by atoms with Crippen molar-refractivity contribution in [3.05, 3.63) is 42.2 Å². The number of amides is 2. The van der Waals surface area contributed by atoms with Crippen molar-refractivity contribution in [3.63, 3.8) is 0 Å². The molecule has 2 amide bonds. The summed E-state index contributed by atoms with van der Waals surface area (Å²) in [5.41, 5.74) is 0.450. The monoisotopic (exact) mass is 318 g/mol. The maximum Gasteiger partial charge on any atom is 0.270 e. The van der Waals surface area contributed by atoms with Crippen molar-refractivity contribution < 1.29 is 14.3 Å². The Labute approximate surface area is 135 Å². The minimum absolute atomic E-state index is 0.215. The summed E-state index contributed by atoms with van der Waals surface area (Å²) < 4.78 is 5.28. The van der Waals surface area contributed by atoms with E-state index in [-0.39, 0.29) is 23.2 Å². The van der Waals surface area contributed by atoms with E-state index in [0.717, 1.165) is 32.8 Å². The molecular formula is C16H22N4O3. The van der Waals surface area contributed by atoms with E-state index in [0.29, 0.717) is 13.1 Å². The van der Waals surface area contributed by atoms with Gasteiger partial charge in [-0.15, -0.1) is 6.58 Å². The van der Waals surface area contributed by atoms with Crippen LogP contribution in [0.25, 0.3) is 0 Å². The van der Waals surface area contributed by atoms with Crippen LogP contribution >= 0.6 is 0 Å². The number of nitrogens with one attached hydrogen (secondary N) is 2. The highest BCUT2D eigenvalue weighted by atomic mass is 16.5. The Kier molecular flexibility index (Phi) is 6.71. The normalized spacial score (nSPS) is 15.0. The van der Waals surface area contributed by atoms with Gasteiger partial charge in [-0.05, 0) is 12.1 Å². The molecule has 1 fully saturated rings. The highest BCUT2D eigenvalue weighted by molar-refractivity contribution is 5.96. The summed E-state index contributed by atoms with van der Waals surface area (Å²) in [5.74, 6) is -0.607. The summed E-state index contributed by atoms with van der Waals surface area (Å²) >= 11 is 0. The number of pyridine rings is 1. The first-order valence-electron chi connectivity index (χ1n) is 7.65. The molecule has 7 nitrogen and oxygen atoms in total. The third-order valence-corrected chi connectivity index (χ3v) is 3.44. The molecule has 2 rings (SSSR count). The Morgan fingerprint density at radius 1 is 1.22 bits per heavy atom. The number of morpholine rings is 1. The molecule has 0 aromatic carbocycles. The number of rotatable bonds is 7. The summed E-state index contributed by atoms with van der Waals surface area (Å²) in [5, 5.41) is 5.46. The van der Waals surface area contributed by atoms with Crippen molar-refractivity contribution in [3.8, 4) is 0 Å². The standard InChI is InChI=1S/C16H22N4O3/c1-2-6-17-15(21)13-4-3-5-14(19-13)16(22)18-7-8-20-9-11-23-12-10-20/h2-5H,1,6-12H2,(H,17,21)(H,18,22). The molecule has 23 heavy (non-hydrogen) atoms. The van der Waals surface area contributed by atoms with Crippen molar-refractivity contribution in [2.45, 2.75) is 0 Å². The predicted molar refractivity (Wildman–Crippen MR) is 86.4 cm³/mol. The second-order valence-corrected chi connectivity index (χ2v) is 5.12. The van der Waals surface area contributed by atoms with Gasteiger partial charge in [-0.3, -0.25) is 14.5 Å². The van der Waals surface area contributed by atoms with Crippen LogP contribution in [-0.2, 0) is 4.74 Å². The van der Waals surface area contributed by atoms with Crippen LogP contribution in [0, 0.1) is 0 Å². The number of carbonyl (C=O) groups excluding carboxylic acids is 2. The van der Waals surface area contributed by atoms with E-state index < -0.39 is 0 Å². The third kappa shape index (κ3) is 5.46. The summed E-state index contributed by atoms with van der Waals surface area (Å²) in [4.78, 5) is 30.3. The van der Waals surface area contributed by atoms with Gasteiger partial charge in [0.05, 0.1) is 13.2 Å². The second kappa shape index (κ2) is 9.02. The van der Waals surface area contributed by atoms with Gasteiger partial charge in [0.15, 0.2) is 0 Å². The van der Waals surface area contributed by atoms with Gasteiger partial charge in [0.1, 0.15) is 11.4 Å². The molecule has 0 bridgehead atoms. The summed E-state index contributed by atoms with van der Waals surface area (Å²) in [7, 11) is 0. The highest BCUT2D eigenvalue weighted by Crippen LogP contribution is 2.00. The van der Waals surface area contributed by atoms with Crippen molar-refractivity contribution in [2.24, 2.45) is 0 Å². The Bertz CT molecular complexity index is 556. The van der Waals surface area contributed by atoms with Crippen LogP contribution in [-0.4, -0.2) is 67.6 Å². The van der Waals surface area contributed by atoms with Gasteiger partial charge < -0.3 is 15.4 Å². The minimum Gasteiger partial charge on any atom is -0.379 e. The Morgan fingerprint density at radius 2 is 1.87 bits per heavy atom. The fraction of sp³-hybridized carbons (Fsp3) is 0.438. The number of ether oxygens (including phenoxy) is 1. The van der Waals surface area contributed by atoms with Gasteiger partial charge >= 0.3 is 0 Å². The zero-order chi connectivity index (χ0) is 16.5. The Hall–Kier alpha value is -2.25. The lowest BCUT2D eigenvalue weighted by atomic mass is 10.2. The van der Waals surface area contributed by atoms with Crippen LogP contribution in [0.3, 0.4) is 0 Å². The second-order valence-electron chi connectivity index (χ2n) is 5.12. The molecule has 0 saturated carbocycles. The lowest BCUT2D eigenvalue weighted by Crippen LogP contribution is -2.41. The molecule has 2 N–H and O–H groups in total. The fourth-order valence-corrected chi connectivity index (χ4v) is 2.19. The van der Waals surface area contributed by atoms with E-state index in [1.54, 1.807) is 24.3 Å². The van der Waals surface area contributed by atoms with Gasteiger partial charge in [-0.25, -0.2) is 4.98 Å². The molecule has 0 aliphatic carbocycles. The van der Waals surface area contributed by atoms with Crippen molar-refractivity contribution in [1.29, 1.82) is 0 Å². The number of hydrogen-bond donors (Lipinski definition) is 2. The fourth-order valence-electron chi connectivity index (χ4n) is 2.19. The van der Waals surface area contributed by atoms with Crippen LogP contribution in [0.2, 0.25) is 0 Å². The molecule has 2 heterocycles. The molecular weight excluding hydrogens is 296 g/mol. The summed E-state index contributed by atoms with van der Waals surface area (Å²) in [6, 6.07) is 4.81. The van der Waals surface area contributed by atoms with Crippen molar-refractivity contribution in [2.75, 3.05) is 45.9 Å². The van der Waals surface area contributed by atoms with E-state index >= 15 is 0 Å². The predicted octanol–water partition coefficient (Wildman–Crippen LogP) is 0.0594. The zero-order valence-electron chi connectivity index (χ0n) is 13.1. The van der Waals surface area contributed by atoms with E-state index in [1.165, 1.54) is 0 Å². The van der Waals surface area contributed by atoms with Crippen LogP contribution in [0.4, 0.5) is 0 Å². The van der Waals surface area contributed by atoms with Crippen LogP contribution in [0.1, 0.15) is 21.0 Å². The summed E-state index contributed by atoms with van der Waals surface area (Å²) in [6.07, 6.45) is 1.58. The molecule has 1 aromatic heterocycles. The van der Waals surface area contributed by atoms with Crippen LogP contribution in [0.15, 0.2) is 30.9 Å². The van der Waals surface area contributed by atoms with Gasteiger partial charge in [-0.2, -0.15) is 0 Å². The van der Waals surface area contributed by atoms with Crippen LogP contribution in [0.5, 0.6) is 0 Å². The third-order valence-electron chi connectivity index (χ3n) is 3.44.